The number of alkyl carbamates (subject to hydrolysis) is 1. The second-order valence-corrected chi connectivity index (χ2v) is 5.24. The molecule has 164 valence electrons. The summed E-state index contributed by atoms with van der Waals surface area (Å²) in [7, 11) is 0. The van der Waals surface area contributed by atoms with Gasteiger partial charge in [-0.05, 0) is 0 Å². The van der Waals surface area contributed by atoms with Gasteiger partial charge in [-0.1, -0.05) is 0 Å². The molecular weight excluding hydrogens is 392 g/mol. The molecule has 0 aromatic rings. The molecular formula is C14H26N8O7. The minimum Gasteiger partial charge on any atom is -0.443 e. The highest BCUT2D eigenvalue weighted by Crippen LogP contribution is 1.83. The number of carbonyl (C=O) groups excluding carboxylic acids is 5. The second-order valence-electron chi connectivity index (χ2n) is 5.24. The van der Waals surface area contributed by atoms with Gasteiger partial charge in [0.05, 0.1) is 25.3 Å². The molecule has 5 amide bonds. The summed E-state index contributed by atoms with van der Waals surface area (Å²) in [6, 6.07) is 0. The third-order valence-corrected chi connectivity index (χ3v) is 2.85. The largest absolute Gasteiger partial charge is 0.443 e. The van der Waals surface area contributed by atoms with Crippen LogP contribution in [0.2, 0.25) is 0 Å². The number of nitrogens with two attached hydrogens (primary N) is 3. The summed E-state index contributed by atoms with van der Waals surface area (Å²) in [5.74, 6) is 2.36. The molecule has 0 radical (unpaired) electrons. The van der Waals surface area contributed by atoms with Crippen LogP contribution in [0, 0.1) is 0 Å². The summed E-state index contributed by atoms with van der Waals surface area (Å²) in [5.41, 5.74) is 10.6. The van der Waals surface area contributed by atoms with Crippen molar-refractivity contribution in [2.45, 2.75) is 0 Å². The van der Waals surface area contributed by atoms with Gasteiger partial charge in [0, 0.05) is 19.3 Å². The Bertz CT molecular complexity index is 611. The van der Waals surface area contributed by atoms with Crippen molar-refractivity contribution in [2.24, 2.45) is 17.4 Å². The maximum Gasteiger partial charge on any atom is 0.407 e. The second kappa shape index (κ2) is 15.5. The van der Waals surface area contributed by atoms with Gasteiger partial charge in [-0.25, -0.2) is 10.7 Å². The summed E-state index contributed by atoms with van der Waals surface area (Å²) in [6.45, 7) is -1.46. The van der Waals surface area contributed by atoms with E-state index in [0.717, 1.165) is 6.20 Å². The van der Waals surface area contributed by atoms with Crippen LogP contribution in [0.4, 0.5) is 4.79 Å². The van der Waals surface area contributed by atoms with Crippen molar-refractivity contribution >= 4 is 29.7 Å². The van der Waals surface area contributed by atoms with E-state index in [2.05, 4.69) is 37.3 Å². The molecule has 0 spiro atoms. The van der Waals surface area contributed by atoms with Crippen LogP contribution in [0.3, 0.4) is 0 Å². The number of carbonyl (C=O) groups is 5. The molecule has 0 unspecified atom stereocenters. The Balaban J connectivity index is 3.76. The van der Waals surface area contributed by atoms with Crippen molar-refractivity contribution in [3.63, 3.8) is 0 Å². The molecule has 0 aliphatic rings. The molecule has 0 aromatic carbocycles. The number of amides is 5. The van der Waals surface area contributed by atoms with E-state index in [1.54, 1.807) is 0 Å². The topological polar surface area (TPSA) is 242 Å². The van der Waals surface area contributed by atoms with Crippen LogP contribution < -0.4 is 43.9 Å². The lowest BCUT2D eigenvalue weighted by Crippen LogP contribution is -2.45. The first-order valence-electron chi connectivity index (χ1n) is 8.23. The minimum atomic E-state index is -0.736. The number of hydrogen-bond donors (Lipinski definition) is 8. The molecule has 0 heterocycles. The molecule has 11 N–H and O–H groups in total. The summed E-state index contributed by atoms with van der Waals surface area (Å²) in [4.78, 5) is 60.9. The third-order valence-electron chi connectivity index (χ3n) is 2.85. The van der Waals surface area contributed by atoms with E-state index in [-0.39, 0.29) is 45.0 Å². The molecule has 0 aliphatic carbocycles. The first-order valence-corrected chi connectivity index (χ1v) is 8.23. The first-order chi connectivity index (χ1) is 13.8. The predicted molar refractivity (Wildman–Crippen MR) is 98.0 cm³/mol. The van der Waals surface area contributed by atoms with Crippen molar-refractivity contribution < 1.29 is 33.5 Å². The lowest BCUT2D eigenvalue weighted by molar-refractivity contribution is -0.130. The van der Waals surface area contributed by atoms with Crippen LogP contribution in [-0.4, -0.2) is 75.7 Å². The van der Waals surface area contributed by atoms with Gasteiger partial charge < -0.3 is 42.8 Å². The smallest absolute Gasteiger partial charge is 0.407 e. The highest BCUT2D eigenvalue weighted by Gasteiger charge is 2.09. The fraction of sp³-hybridized carbons (Fsp3) is 0.500. The van der Waals surface area contributed by atoms with E-state index in [0.29, 0.717) is 0 Å². The fourth-order valence-corrected chi connectivity index (χ4v) is 1.47. The van der Waals surface area contributed by atoms with E-state index in [9.17, 15) is 24.0 Å². The zero-order valence-corrected chi connectivity index (χ0v) is 15.6. The van der Waals surface area contributed by atoms with E-state index in [4.69, 9.17) is 16.2 Å². The highest BCUT2D eigenvalue weighted by molar-refractivity contribution is 5.90. The molecule has 0 aromatic heterocycles. The quantitative estimate of drug-likeness (QED) is 0.104. The monoisotopic (exact) mass is 418 g/mol. The van der Waals surface area contributed by atoms with E-state index < -0.39 is 36.3 Å². The van der Waals surface area contributed by atoms with Gasteiger partial charge in [0.1, 0.15) is 13.2 Å². The number of hydrogen-bond acceptors (Lipinski definition) is 10. The van der Waals surface area contributed by atoms with Gasteiger partial charge in [-0.2, -0.15) is 0 Å². The van der Waals surface area contributed by atoms with Crippen molar-refractivity contribution in [2.75, 3.05) is 45.9 Å². The molecule has 0 fully saturated rings. The molecule has 0 saturated heterocycles. The maximum absolute atomic E-state index is 11.6. The van der Waals surface area contributed by atoms with E-state index in [1.807, 2.05) is 0 Å². The number of rotatable bonds is 13. The fourth-order valence-electron chi connectivity index (χ4n) is 1.47. The van der Waals surface area contributed by atoms with Crippen LogP contribution in [0.5, 0.6) is 0 Å². The zero-order valence-electron chi connectivity index (χ0n) is 15.6. The minimum absolute atomic E-state index is 0.0851. The van der Waals surface area contributed by atoms with E-state index >= 15 is 0 Å². The number of nitrogens with one attached hydrogen (secondary N) is 5. The standard InChI is InChI=1S/C14H26N8O7/c15-3-9(16)7-28-14(27)19-2-1-18-10(23)4-20-11(24)5-21-12(25)6-22-13(26)8-29-17/h3H,1-2,4-8,15-17H2,(H,18,23)(H,19,27)(H,20,24)(H,21,25)(H,22,26)/b9-3-. The average Bonchev–Trinajstić information content (AvgIpc) is 2.70. The van der Waals surface area contributed by atoms with Gasteiger partial charge in [-0.3, -0.25) is 24.0 Å². The molecule has 0 rings (SSSR count). The van der Waals surface area contributed by atoms with E-state index in [1.165, 1.54) is 0 Å². The first kappa shape index (κ1) is 25.4. The van der Waals surface area contributed by atoms with Crippen LogP contribution in [-0.2, 0) is 28.8 Å². The highest BCUT2D eigenvalue weighted by atomic mass is 16.6. The Kier molecular flexibility index (Phi) is 13.6. The van der Waals surface area contributed by atoms with Gasteiger partial charge in [0.15, 0.2) is 0 Å². The molecule has 15 nitrogen and oxygen atoms in total. The lowest BCUT2D eigenvalue weighted by atomic mass is 10.4. The van der Waals surface area contributed by atoms with Crippen LogP contribution in [0.25, 0.3) is 0 Å². The number of ether oxygens (including phenoxy) is 1. The molecule has 0 saturated carbocycles. The molecule has 0 aliphatic heterocycles. The lowest BCUT2D eigenvalue weighted by Gasteiger charge is -2.09. The summed E-state index contributed by atoms with van der Waals surface area (Å²) < 4.78 is 4.71. The molecule has 29 heavy (non-hydrogen) atoms. The van der Waals surface area contributed by atoms with Gasteiger partial charge in [0.2, 0.25) is 23.6 Å². The van der Waals surface area contributed by atoms with Crippen LogP contribution >= 0.6 is 0 Å². The molecule has 15 heteroatoms. The Morgan fingerprint density at radius 3 is 1.72 bits per heavy atom. The summed E-state index contributed by atoms with van der Waals surface area (Å²) in [6.07, 6.45) is 0.365. The maximum atomic E-state index is 11.6. The molecule has 0 bridgehead atoms. The van der Waals surface area contributed by atoms with Crippen molar-refractivity contribution in [1.82, 2.24) is 26.6 Å². The summed E-state index contributed by atoms with van der Waals surface area (Å²) >= 11 is 0. The van der Waals surface area contributed by atoms with Gasteiger partial charge >= 0.3 is 6.09 Å². The van der Waals surface area contributed by atoms with Crippen molar-refractivity contribution in [1.29, 1.82) is 0 Å². The Morgan fingerprint density at radius 2 is 1.21 bits per heavy atom. The van der Waals surface area contributed by atoms with Gasteiger partial charge in [-0.15, -0.1) is 0 Å². The van der Waals surface area contributed by atoms with Crippen molar-refractivity contribution in [3.05, 3.63) is 11.9 Å². The summed E-state index contributed by atoms with van der Waals surface area (Å²) in [5, 5.41) is 11.5. The average molecular weight is 418 g/mol. The van der Waals surface area contributed by atoms with Crippen molar-refractivity contribution in [3.8, 4) is 0 Å². The van der Waals surface area contributed by atoms with Crippen LogP contribution in [0.1, 0.15) is 0 Å². The third kappa shape index (κ3) is 15.2. The van der Waals surface area contributed by atoms with Crippen LogP contribution in [0.15, 0.2) is 11.9 Å². The Hall–Kier alpha value is -3.59. The zero-order chi connectivity index (χ0) is 22.1. The Morgan fingerprint density at radius 1 is 0.724 bits per heavy atom. The Labute approximate surface area is 166 Å². The normalized spacial score (nSPS) is 10.4. The molecule has 0 atom stereocenters. The SMILES string of the molecule is N/C=C(\N)COC(=O)NCCNC(=O)CNC(=O)CNC(=O)CNC(=O)CON. The predicted octanol–water partition coefficient (Wildman–Crippen LogP) is -5.17. The van der Waals surface area contributed by atoms with Gasteiger partial charge in [0.25, 0.3) is 0 Å².